The van der Waals surface area contributed by atoms with Crippen molar-refractivity contribution in [1.82, 2.24) is 20.1 Å². The molecule has 2 heterocycles. The molecule has 1 saturated heterocycles. The Bertz CT molecular complexity index is 602. The van der Waals surface area contributed by atoms with Crippen molar-refractivity contribution in [2.24, 2.45) is 0 Å². The van der Waals surface area contributed by atoms with Crippen LogP contribution in [0.2, 0.25) is 0 Å². The van der Waals surface area contributed by atoms with Crippen molar-refractivity contribution < 1.29 is 14.4 Å². The van der Waals surface area contributed by atoms with E-state index in [1.165, 1.54) is 22.1 Å². The SMILES string of the molecule is CC1C(=O)NCCN1C(=O)Nc1ccnc(C(=O)N(C)C)c1. The van der Waals surface area contributed by atoms with E-state index in [0.717, 1.165) is 0 Å². The predicted octanol–water partition coefficient (Wildman–Crippen LogP) is 0.136. The summed E-state index contributed by atoms with van der Waals surface area (Å²) in [6.45, 7) is 2.53. The maximum Gasteiger partial charge on any atom is 0.322 e. The number of hydrogen-bond donors (Lipinski definition) is 2. The Kier molecular flexibility index (Phi) is 4.59. The molecule has 2 rings (SSSR count). The van der Waals surface area contributed by atoms with Gasteiger partial charge in [0.2, 0.25) is 5.91 Å². The summed E-state index contributed by atoms with van der Waals surface area (Å²) in [6, 6.07) is 2.20. The number of piperazine rings is 1. The number of nitrogens with one attached hydrogen (secondary N) is 2. The van der Waals surface area contributed by atoms with E-state index in [0.29, 0.717) is 18.8 Å². The summed E-state index contributed by atoms with van der Waals surface area (Å²) in [4.78, 5) is 42.6. The minimum absolute atomic E-state index is 0.181. The molecule has 118 valence electrons. The molecule has 1 aliphatic heterocycles. The molecule has 1 unspecified atom stereocenters. The topological polar surface area (TPSA) is 94.6 Å². The van der Waals surface area contributed by atoms with Gasteiger partial charge in [-0.25, -0.2) is 4.79 Å². The Morgan fingerprint density at radius 2 is 2.18 bits per heavy atom. The first-order valence-electron chi connectivity index (χ1n) is 6.93. The number of hydrogen-bond acceptors (Lipinski definition) is 4. The monoisotopic (exact) mass is 305 g/mol. The normalized spacial score (nSPS) is 17.7. The molecule has 0 bridgehead atoms. The van der Waals surface area contributed by atoms with E-state index in [-0.39, 0.29) is 23.5 Å². The van der Waals surface area contributed by atoms with Gasteiger partial charge in [0.25, 0.3) is 5.91 Å². The molecule has 22 heavy (non-hydrogen) atoms. The first-order valence-corrected chi connectivity index (χ1v) is 6.93. The molecule has 1 aromatic heterocycles. The Labute approximate surface area is 128 Å². The zero-order valence-electron chi connectivity index (χ0n) is 12.8. The highest BCUT2D eigenvalue weighted by Crippen LogP contribution is 2.12. The molecule has 1 aliphatic rings. The van der Waals surface area contributed by atoms with E-state index in [4.69, 9.17) is 0 Å². The largest absolute Gasteiger partial charge is 0.353 e. The lowest BCUT2D eigenvalue weighted by atomic mass is 10.2. The molecule has 1 aromatic rings. The van der Waals surface area contributed by atoms with Crippen molar-refractivity contribution in [3.8, 4) is 0 Å². The van der Waals surface area contributed by atoms with E-state index in [9.17, 15) is 14.4 Å². The summed E-state index contributed by atoms with van der Waals surface area (Å²) in [5.74, 6) is -0.429. The second-order valence-corrected chi connectivity index (χ2v) is 5.22. The molecule has 4 amide bonds. The molecule has 1 fully saturated rings. The quantitative estimate of drug-likeness (QED) is 0.812. The van der Waals surface area contributed by atoms with Crippen LogP contribution in [0.15, 0.2) is 18.3 Å². The molecule has 8 nitrogen and oxygen atoms in total. The fourth-order valence-corrected chi connectivity index (χ4v) is 2.11. The molecule has 0 spiro atoms. The van der Waals surface area contributed by atoms with Crippen LogP contribution in [0.4, 0.5) is 10.5 Å². The van der Waals surface area contributed by atoms with Gasteiger partial charge in [0.15, 0.2) is 0 Å². The van der Waals surface area contributed by atoms with Crippen LogP contribution in [-0.2, 0) is 4.79 Å². The van der Waals surface area contributed by atoms with Gasteiger partial charge in [-0.2, -0.15) is 0 Å². The van der Waals surface area contributed by atoms with Crippen LogP contribution in [-0.4, -0.2) is 65.9 Å². The van der Waals surface area contributed by atoms with Crippen molar-refractivity contribution in [2.45, 2.75) is 13.0 Å². The van der Waals surface area contributed by atoms with Crippen molar-refractivity contribution >= 4 is 23.5 Å². The summed E-state index contributed by atoms with van der Waals surface area (Å²) in [7, 11) is 3.26. The molecule has 0 aromatic carbocycles. The van der Waals surface area contributed by atoms with E-state index >= 15 is 0 Å². The lowest BCUT2D eigenvalue weighted by Crippen LogP contribution is -2.56. The van der Waals surface area contributed by atoms with Crippen molar-refractivity contribution in [2.75, 3.05) is 32.5 Å². The van der Waals surface area contributed by atoms with E-state index in [1.807, 2.05) is 0 Å². The highest BCUT2D eigenvalue weighted by atomic mass is 16.2. The molecule has 0 saturated carbocycles. The minimum atomic E-state index is -0.529. The van der Waals surface area contributed by atoms with Crippen molar-refractivity contribution in [3.05, 3.63) is 24.0 Å². The van der Waals surface area contributed by atoms with E-state index < -0.39 is 6.04 Å². The van der Waals surface area contributed by atoms with Crippen LogP contribution in [0.25, 0.3) is 0 Å². The van der Waals surface area contributed by atoms with Gasteiger partial charge in [0, 0.05) is 39.1 Å². The van der Waals surface area contributed by atoms with Gasteiger partial charge in [0.05, 0.1) is 0 Å². The van der Waals surface area contributed by atoms with E-state index in [1.54, 1.807) is 27.1 Å². The maximum absolute atomic E-state index is 12.3. The number of pyridine rings is 1. The average Bonchev–Trinajstić information content (AvgIpc) is 2.49. The summed E-state index contributed by atoms with van der Waals surface area (Å²) >= 11 is 0. The maximum atomic E-state index is 12.3. The van der Waals surface area contributed by atoms with Gasteiger partial charge in [0.1, 0.15) is 11.7 Å². The minimum Gasteiger partial charge on any atom is -0.353 e. The number of aromatic nitrogens is 1. The van der Waals surface area contributed by atoms with Gasteiger partial charge in [-0.05, 0) is 19.1 Å². The summed E-state index contributed by atoms with van der Waals surface area (Å²) in [5, 5.41) is 5.39. The third-order valence-electron chi connectivity index (χ3n) is 3.40. The summed E-state index contributed by atoms with van der Waals surface area (Å²) < 4.78 is 0. The van der Waals surface area contributed by atoms with E-state index in [2.05, 4.69) is 15.6 Å². The fourth-order valence-electron chi connectivity index (χ4n) is 2.11. The lowest BCUT2D eigenvalue weighted by molar-refractivity contribution is -0.126. The third kappa shape index (κ3) is 3.33. The number of rotatable bonds is 2. The second-order valence-electron chi connectivity index (χ2n) is 5.22. The number of anilines is 1. The molecule has 1 atom stereocenters. The van der Waals surface area contributed by atoms with Crippen LogP contribution in [0.1, 0.15) is 17.4 Å². The van der Waals surface area contributed by atoms with Gasteiger partial charge < -0.3 is 20.4 Å². The first-order chi connectivity index (χ1) is 10.4. The van der Waals surface area contributed by atoms with Crippen molar-refractivity contribution in [1.29, 1.82) is 0 Å². The molecular formula is C14H19N5O3. The highest BCUT2D eigenvalue weighted by molar-refractivity contribution is 5.96. The molecule has 0 aliphatic carbocycles. The van der Waals surface area contributed by atoms with Crippen molar-refractivity contribution in [3.63, 3.8) is 0 Å². The summed E-state index contributed by atoms with van der Waals surface area (Å²) in [5.41, 5.74) is 0.704. The van der Waals surface area contributed by atoms with Gasteiger partial charge in [-0.3, -0.25) is 14.6 Å². The average molecular weight is 305 g/mol. The Balaban J connectivity index is 2.10. The molecule has 8 heteroatoms. The van der Waals surface area contributed by atoms with Gasteiger partial charge >= 0.3 is 6.03 Å². The molecule has 0 radical (unpaired) electrons. The lowest BCUT2D eigenvalue weighted by Gasteiger charge is -2.32. The van der Waals surface area contributed by atoms with Crippen LogP contribution in [0.5, 0.6) is 0 Å². The van der Waals surface area contributed by atoms with Gasteiger partial charge in [-0.1, -0.05) is 0 Å². The number of nitrogens with zero attached hydrogens (tertiary/aromatic N) is 3. The zero-order chi connectivity index (χ0) is 16.3. The van der Waals surface area contributed by atoms with Gasteiger partial charge in [-0.15, -0.1) is 0 Å². The Morgan fingerprint density at radius 3 is 2.86 bits per heavy atom. The smallest absolute Gasteiger partial charge is 0.322 e. The van der Waals surface area contributed by atoms with Crippen LogP contribution < -0.4 is 10.6 Å². The van der Waals surface area contributed by atoms with Crippen LogP contribution in [0.3, 0.4) is 0 Å². The Morgan fingerprint density at radius 1 is 1.45 bits per heavy atom. The predicted molar refractivity (Wildman–Crippen MR) is 80.5 cm³/mol. The number of carbonyl (C=O) groups is 3. The first kappa shape index (κ1) is 15.7. The van der Waals surface area contributed by atoms with Crippen LogP contribution >= 0.6 is 0 Å². The van der Waals surface area contributed by atoms with Crippen LogP contribution in [0, 0.1) is 0 Å². The number of urea groups is 1. The molecular weight excluding hydrogens is 286 g/mol. The zero-order valence-corrected chi connectivity index (χ0v) is 12.8. The second kappa shape index (κ2) is 6.42. The number of carbonyl (C=O) groups excluding carboxylic acids is 3. The molecule has 2 N–H and O–H groups in total. The highest BCUT2D eigenvalue weighted by Gasteiger charge is 2.29. The number of amides is 4. The third-order valence-corrected chi connectivity index (χ3v) is 3.40. The Hall–Kier alpha value is -2.64. The fraction of sp³-hybridized carbons (Fsp3) is 0.429. The summed E-state index contributed by atoms with van der Waals surface area (Å²) in [6.07, 6.45) is 1.46. The standard InChI is InChI=1S/C14H19N5O3/c1-9-12(20)16-6-7-19(9)14(22)17-10-4-5-15-11(8-10)13(21)18(2)3/h4-5,8-9H,6-7H2,1-3H3,(H,16,20)(H,15,17,22).